The predicted molar refractivity (Wildman–Crippen MR) is 262 cm³/mol. The van der Waals surface area contributed by atoms with Gasteiger partial charge in [0.25, 0.3) is 0 Å². The van der Waals surface area contributed by atoms with Gasteiger partial charge in [-0.3, -0.25) is 0 Å². The van der Waals surface area contributed by atoms with Gasteiger partial charge in [-0.2, -0.15) is 0 Å². The molecular formula is C61H41N. The van der Waals surface area contributed by atoms with E-state index in [-0.39, 0.29) is 0 Å². The highest BCUT2D eigenvalue weighted by Gasteiger charge is 2.46. The van der Waals surface area contributed by atoms with Crippen LogP contribution in [0.25, 0.3) is 65.7 Å². The maximum atomic E-state index is 2.50. The summed E-state index contributed by atoms with van der Waals surface area (Å²) in [4.78, 5) is 2.32. The van der Waals surface area contributed by atoms with Gasteiger partial charge in [-0.05, 0) is 143 Å². The Balaban J connectivity index is 1.05. The van der Waals surface area contributed by atoms with Gasteiger partial charge in [0.2, 0.25) is 0 Å². The summed E-state index contributed by atoms with van der Waals surface area (Å²) >= 11 is 0. The highest BCUT2D eigenvalue weighted by Crippen LogP contribution is 2.57. The molecule has 1 heteroatoms. The first-order valence-electron chi connectivity index (χ1n) is 21.5. The van der Waals surface area contributed by atoms with Crippen LogP contribution in [0.2, 0.25) is 0 Å². The highest BCUT2D eigenvalue weighted by molar-refractivity contribution is 6.24. The summed E-state index contributed by atoms with van der Waals surface area (Å²) in [6.45, 7) is 0. The molecule has 1 aliphatic carbocycles. The van der Waals surface area contributed by atoms with Gasteiger partial charge in [-0.25, -0.2) is 0 Å². The van der Waals surface area contributed by atoms with Crippen molar-refractivity contribution < 1.29 is 0 Å². The van der Waals surface area contributed by atoms with Crippen molar-refractivity contribution in [3.8, 4) is 33.4 Å². The molecule has 0 unspecified atom stereocenters. The van der Waals surface area contributed by atoms with E-state index in [4.69, 9.17) is 0 Å². The molecule has 0 spiro atoms. The number of nitrogens with zero attached hydrogens (tertiary/aromatic N) is 1. The van der Waals surface area contributed by atoms with E-state index in [9.17, 15) is 0 Å². The van der Waals surface area contributed by atoms with Gasteiger partial charge < -0.3 is 4.90 Å². The van der Waals surface area contributed by atoms with Gasteiger partial charge in [-0.1, -0.05) is 194 Å². The maximum absolute atomic E-state index is 2.50. The van der Waals surface area contributed by atoms with Crippen LogP contribution in [0.4, 0.5) is 17.1 Å². The molecule has 290 valence electrons. The van der Waals surface area contributed by atoms with Crippen LogP contribution < -0.4 is 4.90 Å². The number of fused-ring (bicyclic) bond motifs is 8. The molecule has 0 atom stereocenters. The summed E-state index contributed by atoms with van der Waals surface area (Å²) in [5.41, 5.74) is 15.6. The van der Waals surface area contributed by atoms with Crippen LogP contribution in [0.5, 0.6) is 0 Å². The zero-order valence-electron chi connectivity index (χ0n) is 34.1. The van der Waals surface area contributed by atoms with Gasteiger partial charge in [0.1, 0.15) is 0 Å². The van der Waals surface area contributed by atoms with E-state index in [1.165, 1.54) is 88.0 Å². The molecule has 1 aliphatic rings. The van der Waals surface area contributed by atoms with Crippen molar-refractivity contribution >= 4 is 49.4 Å². The lowest BCUT2D eigenvalue weighted by molar-refractivity contribution is 0.769. The average Bonchev–Trinajstić information content (AvgIpc) is 3.65. The van der Waals surface area contributed by atoms with Crippen molar-refractivity contribution in [2.24, 2.45) is 0 Å². The van der Waals surface area contributed by atoms with E-state index in [0.29, 0.717) is 0 Å². The minimum Gasteiger partial charge on any atom is -0.311 e. The lowest BCUT2D eigenvalue weighted by Gasteiger charge is -2.34. The molecule has 0 fully saturated rings. The second-order valence-corrected chi connectivity index (χ2v) is 16.4. The number of para-hydroxylation sites is 2. The second-order valence-electron chi connectivity index (χ2n) is 16.4. The molecular weight excluding hydrogens is 747 g/mol. The third kappa shape index (κ3) is 5.56. The number of hydrogen-bond acceptors (Lipinski definition) is 1. The van der Waals surface area contributed by atoms with E-state index < -0.39 is 5.41 Å². The fourth-order valence-electron chi connectivity index (χ4n) is 10.4. The van der Waals surface area contributed by atoms with E-state index in [0.717, 1.165) is 17.1 Å². The first kappa shape index (κ1) is 35.9. The number of anilines is 3. The first-order valence-corrected chi connectivity index (χ1v) is 21.5. The minimum atomic E-state index is -0.465. The van der Waals surface area contributed by atoms with Gasteiger partial charge >= 0.3 is 0 Å². The van der Waals surface area contributed by atoms with Crippen molar-refractivity contribution in [2.75, 3.05) is 4.90 Å². The summed E-state index contributed by atoms with van der Waals surface area (Å²) in [5, 5.41) is 7.52. The third-order valence-corrected chi connectivity index (χ3v) is 13.1. The Labute approximate surface area is 362 Å². The zero-order valence-corrected chi connectivity index (χ0v) is 34.1. The predicted octanol–water partition coefficient (Wildman–Crippen LogP) is 16.3. The van der Waals surface area contributed by atoms with E-state index in [1.54, 1.807) is 0 Å². The standard InChI is InChI=1S/C61H41N/c1-5-19-44(20-6-1)61(45-21-7-2-8-22-45)59-32-18-17-31-53(59)54-38-35-43(39-60(54)61)56-41-58-51-29-15-13-27-49(51)55(40-57(58)52-30-16-14-28-50(52)56)42-33-36-48(37-34-42)62(46-23-9-3-10-24-46)47-25-11-4-12-26-47/h1-41H. The van der Waals surface area contributed by atoms with Crippen LogP contribution in [0, 0.1) is 0 Å². The van der Waals surface area contributed by atoms with Crippen LogP contribution in [-0.2, 0) is 5.41 Å². The quantitative estimate of drug-likeness (QED) is 0.145. The van der Waals surface area contributed by atoms with Crippen molar-refractivity contribution in [2.45, 2.75) is 5.41 Å². The normalized spacial score (nSPS) is 12.6. The van der Waals surface area contributed by atoms with Gasteiger partial charge in [-0.15, -0.1) is 0 Å². The molecule has 0 aliphatic heterocycles. The second kappa shape index (κ2) is 14.6. The first-order chi connectivity index (χ1) is 30.8. The molecule has 1 nitrogen and oxygen atoms in total. The van der Waals surface area contributed by atoms with Gasteiger partial charge in [0.15, 0.2) is 0 Å². The summed E-state index contributed by atoms with van der Waals surface area (Å²) in [6.07, 6.45) is 0. The maximum Gasteiger partial charge on any atom is 0.0713 e. The molecule has 0 heterocycles. The lowest BCUT2D eigenvalue weighted by atomic mass is 9.67. The van der Waals surface area contributed by atoms with Crippen LogP contribution in [0.15, 0.2) is 249 Å². The highest BCUT2D eigenvalue weighted by atomic mass is 15.1. The lowest BCUT2D eigenvalue weighted by Crippen LogP contribution is -2.28. The fourth-order valence-corrected chi connectivity index (χ4v) is 10.4. The number of hydrogen-bond donors (Lipinski definition) is 0. The van der Waals surface area contributed by atoms with Crippen LogP contribution >= 0.6 is 0 Å². The van der Waals surface area contributed by atoms with E-state index >= 15 is 0 Å². The topological polar surface area (TPSA) is 3.24 Å². The molecule has 0 amide bonds. The zero-order chi connectivity index (χ0) is 41.0. The Morgan fingerprint density at radius 2 is 0.645 bits per heavy atom. The molecule has 0 N–H and O–H groups in total. The van der Waals surface area contributed by atoms with Crippen molar-refractivity contribution in [1.29, 1.82) is 0 Å². The Bertz CT molecular complexity index is 3350. The Morgan fingerprint density at radius 1 is 0.242 bits per heavy atom. The molecule has 0 bridgehead atoms. The molecule has 0 saturated heterocycles. The largest absolute Gasteiger partial charge is 0.311 e. The Hall–Kier alpha value is -8.00. The Kier molecular flexibility index (Phi) is 8.47. The van der Waals surface area contributed by atoms with Crippen LogP contribution in [0.1, 0.15) is 22.3 Å². The molecule has 11 aromatic carbocycles. The van der Waals surface area contributed by atoms with E-state index in [1.807, 2.05) is 0 Å². The Morgan fingerprint density at radius 3 is 1.19 bits per heavy atom. The molecule has 62 heavy (non-hydrogen) atoms. The molecule has 0 aromatic heterocycles. The van der Waals surface area contributed by atoms with Crippen LogP contribution in [-0.4, -0.2) is 0 Å². The van der Waals surface area contributed by atoms with Crippen molar-refractivity contribution in [3.05, 3.63) is 271 Å². The summed E-state index contributed by atoms with van der Waals surface area (Å²) in [6, 6.07) is 91.5. The van der Waals surface area contributed by atoms with Gasteiger partial charge in [0.05, 0.1) is 5.41 Å². The fraction of sp³-hybridized carbons (Fsp3) is 0.0164. The van der Waals surface area contributed by atoms with Crippen molar-refractivity contribution in [3.63, 3.8) is 0 Å². The summed E-state index contributed by atoms with van der Waals surface area (Å²) in [7, 11) is 0. The molecule has 0 saturated carbocycles. The molecule has 12 rings (SSSR count). The van der Waals surface area contributed by atoms with Gasteiger partial charge in [0, 0.05) is 17.1 Å². The molecule has 11 aromatic rings. The minimum absolute atomic E-state index is 0.465. The summed E-state index contributed by atoms with van der Waals surface area (Å²) < 4.78 is 0. The van der Waals surface area contributed by atoms with Crippen molar-refractivity contribution in [1.82, 2.24) is 0 Å². The number of rotatable bonds is 7. The number of benzene rings is 11. The smallest absolute Gasteiger partial charge is 0.0713 e. The average molecular weight is 788 g/mol. The van der Waals surface area contributed by atoms with Crippen LogP contribution in [0.3, 0.4) is 0 Å². The third-order valence-electron chi connectivity index (χ3n) is 13.1. The SMILES string of the molecule is c1ccc(N(c2ccccc2)c2ccc(-c3cc4c5ccccc5c(-c5ccc6c(c5)C(c5ccccc5)(c5ccccc5)c5ccccc5-6)cc4c4ccccc34)cc2)cc1. The van der Waals surface area contributed by atoms with E-state index in [2.05, 4.69) is 254 Å². The summed E-state index contributed by atoms with van der Waals surface area (Å²) in [5.74, 6) is 0. The molecule has 0 radical (unpaired) electrons. The monoisotopic (exact) mass is 787 g/mol.